The smallest absolute Gasteiger partial charge is 0.162 e. The topological polar surface area (TPSA) is 35.5 Å². The van der Waals surface area contributed by atoms with Gasteiger partial charge in [0, 0.05) is 5.69 Å². The molecule has 1 aliphatic rings. The zero-order valence-electron chi connectivity index (χ0n) is 11.3. The number of hydroxylamine groups is 3. The summed E-state index contributed by atoms with van der Waals surface area (Å²) in [4.78, 5) is 1.93. The second kappa shape index (κ2) is 5.00. The normalized spacial score (nSPS) is 21.2. The van der Waals surface area contributed by atoms with Crippen LogP contribution in [0.5, 0.6) is 11.5 Å². The van der Waals surface area contributed by atoms with Gasteiger partial charge in [-0.25, -0.2) is 0 Å². The van der Waals surface area contributed by atoms with E-state index in [1.807, 2.05) is 65.7 Å². The van der Waals surface area contributed by atoms with Crippen LogP contribution in [0.25, 0.3) is 0 Å². The second-order valence-electron chi connectivity index (χ2n) is 4.99. The Morgan fingerprint density at radius 3 is 2.25 bits per heavy atom. The van der Waals surface area contributed by atoms with Crippen LogP contribution in [0.15, 0.2) is 67.0 Å². The zero-order chi connectivity index (χ0) is 14.0. The first-order valence-electron chi connectivity index (χ1n) is 6.48. The van der Waals surface area contributed by atoms with Gasteiger partial charge in [-0.1, -0.05) is 18.2 Å². The van der Waals surface area contributed by atoms with Crippen molar-refractivity contribution in [1.29, 1.82) is 0 Å². The van der Waals surface area contributed by atoms with Crippen LogP contribution in [-0.2, 0) is 0 Å². The van der Waals surface area contributed by atoms with Gasteiger partial charge in [0.1, 0.15) is 17.7 Å². The lowest BCUT2D eigenvalue weighted by Crippen LogP contribution is -2.34. The van der Waals surface area contributed by atoms with E-state index in [2.05, 4.69) is 0 Å². The van der Waals surface area contributed by atoms with E-state index in [9.17, 15) is 5.21 Å². The number of benzene rings is 2. The maximum atomic E-state index is 11.8. The van der Waals surface area contributed by atoms with Gasteiger partial charge in [-0.3, -0.25) is 4.90 Å². The molecule has 1 atom stereocenters. The second-order valence-corrected chi connectivity index (χ2v) is 4.99. The summed E-state index contributed by atoms with van der Waals surface area (Å²) in [6.07, 6.45) is 3.45. The van der Waals surface area contributed by atoms with Crippen molar-refractivity contribution >= 4 is 5.69 Å². The van der Waals surface area contributed by atoms with Crippen molar-refractivity contribution in [1.82, 2.24) is 0 Å². The predicted octanol–water partition coefficient (Wildman–Crippen LogP) is 3.67. The standard InChI is InChI=1S/C16H16N2O2/c1-18(19)12-11-17(13-18)14-7-9-16(10-8-14)20-15-5-3-2-4-6-15/h2-12H,13H2,1H3. The van der Waals surface area contributed by atoms with Crippen LogP contribution in [0, 0.1) is 5.21 Å². The molecule has 1 aliphatic heterocycles. The largest absolute Gasteiger partial charge is 0.627 e. The molecule has 1 unspecified atom stereocenters. The molecule has 0 N–H and O–H groups in total. The van der Waals surface area contributed by atoms with Gasteiger partial charge in [0.2, 0.25) is 0 Å². The van der Waals surface area contributed by atoms with Crippen LogP contribution in [0.3, 0.4) is 0 Å². The summed E-state index contributed by atoms with van der Waals surface area (Å²) in [5, 5.41) is 11.8. The van der Waals surface area contributed by atoms with E-state index < -0.39 is 0 Å². The molecule has 0 amide bonds. The van der Waals surface area contributed by atoms with E-state index in [4.69, 9.17) is 4.74 Å². The molecule has 2 aromatic rings. The third kappa shape index (κ3) is 2.82. The SMILES string of the molecule is C[N+]1([O-])C=CN(c2ccc(Oc3ccccc3)cc2)C1. The quantitative estimate of drug-likeness (QED) is 0.629. The highest BCUT2D eigenvalue weighted by atomic mass is 16.5. The summed E-state index contributed by atoms with van der Waals surface area (Å²) < 4.78 is 5.36. The molecule has 0 aromatic heterocycles. The van der Waals surface area contributed by atoms with E-state index in [-0.39, 0.29) is 4.65 Å². The Balaban J connectivity index is 1.71. The minimum absolute atomic E-state index is 0.373. The van der Waals surface area contributed by atoms with Crippen LogP contribution in [0.1, 0.15) is 0 Å². The molecule has 20 heavy (non-hydrogen) atoms. The first kappa shape index (κ1) is 12.7. The fourth-order valence-electron chi connectivity index (χ4n) is 2.12. The van der Waals surface area contributed by atoms with E-state index >= 15 is 0 Å². The summed E-state index contributed by atoms with van der Waals surface area (Å²) in [6.45, 7) is 0.402. The summed E-state index contributed by atoms with van der Waals surface area (Å²) in [5.41, 5.74) is 0.986. The van der Waals surface area contributed by atoms with Gasteiger partial charge in [0.15, 0.2) is 6.67 Å². The third-order valence-electron chi connectivity index (χ3n) is 3.14. The van der Waals surface area contributed by atoms with Gasteiger partial charge in [0.25, 0.3) is 0 Å². The summed E-state index contributed by atoms with van der Waals surface area (Å²) in [5.74, 6) is 1.59. The van der Waals surface area contributed by atoms with Crippen LogP contribution in [0.2, 0.25) is 0 Å². The Hall–Kier alpha value is -2.30. The van der Waals surface area contributed by atoms with Crippen LogP contribution in [-0.4, -0.2) is 18.4 Å². The molecular formula is C16H16N2O2. The molecule has 3 rings (SSSR count). The minimum atomic E-state index is -0.373. The molecule has 4 heteroatoms. The fraction of sp³-hybridized carbons (Fsp3) is 0.125. The first-order valence-corrected chi connectivity index (χ1v) is 6.48. The Labute approximate surface area is 118 Å². The Bertz CT molecular complexity index is 606. The Morgan fingerprint density at radius 2 is 1.65 bits per heavy atom. The van der Waals surface area contributed by atoms with Crippen molar-refractivity contribution in [3.05, 3.63) is 72.2 Å². The third-order valence-corrected chi connectivity index (χ3v) is 3.14. The average Bonchev–Trinajstić information content (AvgIpc) is 2.81. The lowest BCUT2D eigenvalue weighted by Gasteiger charge is -2.31. The van der Waals surface area contributed by atoms with Gasteiger partial charge in [-0.2, -0.15) is 0 Å². The van der Waals surface area contributed by atoms with Crippen LogP contribution in [0.4, 0.5) is 5.69 Å². The zero-order valence-corrected chi connectivity index (χ0v) is 11.3. The maximum Gasteiger partial charge on any atom is 0.162 e. The molecule has 0 saturated heterocycles. The van der Waals surface area contributed by atoms with E-state index in [0.29, 0.717) is 6.67 Å². The average molecular weight is 268 g/mol. The predicted molar refractivity (Wildman–Crippen MR) is 79.0 cm³/mol. The molecule has 4 nitrogen and oxygen atoms in total. The molecule has 0 bridgehead atoms. The number of nitrogens with zero attached hydrogens (tertiary/aromatic N) is 2. The number of hydrogen-bond donors (Lipinski definition) is 0. The molecule has 2 aromatic carbocycles. The van der Waals surface area contributed by atoms with Gasteiger partial charge >= 0.3 is 0 Å². The number of rotatable bonds is 3. The molecule has 0 spiro atoms. The van der Waals surface area contributed by atoms with E-state index in [1.165, 1.54) is 0 Å². The summed E-state index contributed by atoms with van der Waals surface area (Å²) in [6, 6.07) is 17.4. The number of quaternary nitrogens is 1. The van der Waals surface area contributed by atoms with Gasteiger partial charge in [-0.15, -0.1) is 0 Å². The van der Waals surface area contributed by atoms with E-state index in [1.54, 1.807) is 13.2 Å². The monoisotopic (exact) mass is 268 g/mol. The lowest BCUT2D eigenvalue weighted by molar-refractivity contribution is -0.800. The van der Waals surface area contributed by atoms with Gasteiger partial charge in [-0.05, 0) is 36.4 Å². The Morgan fingerprint density at radius 1 is 1.00 bits per heavy atom. The maximum absolute atomic E-state index is 11.8. The van der Waals surface area contributed by atoms with Crippen molar-refractivity contribution in [2.24, 2.45) is 0 Å². The van der Waals surface area contributed by atoms with Crippen molar-refractivity contribution < 1.29 is 9.38 Å². The fourth-order valence-corrected chi connectivity index (χ4v) is 2.12. The van der Waals surface area contributed by atoms with Gasteiger partial charge in [0.05, 0.1) is 13.2 Å². The van der Waals surface area contributed by atoms with Crippen LogP contribution < -0.4 is 9.64 Å². The molecule has 0 aliphatic carbocycles. The highest BCUT2D eigenvalue weighted by Gasteiger charge is 2.19. The van der Waals surface area contributed by atoms with Crippen LogP contribution >= 0.6 is 0 Å². The number of ether oxygens (including phenoxy) is 1. The number of para-hydroxylation sites is 1. The van der Waals surface area contributed by atoms with Crippen molar-refractivity contribution in [2.45, 2.75) is 0 Å². The Kier molecular flexibility index (Phi) is 3.18. The number of hydrogen-bond acceptors (Lipinski definition) is 3. The highest BCUT2D eigenvalue weighted by molar-refractivity contribution is 5.52. The van der Waals surface area contributed by atoms with Crippen molar-refractivity contribution in [3.8, 4) is 11.5 Å². The summed E-state index contributed by atoms with van der Waals surface area (Å²) >= 11 is 0. The first-order chi connectivity index (χ1) is 9.62. The minimum Gasteiger partial charge on any atom is -0.627 e. The molecule has 102 valence electrons. The summed E-state index contributed by atoms with van der Waals surface area (Å²) in [7, 11) is 1.63. The molecular weight excluding hydrogens is 252 g/mol. The van der Waals surface area contributed by atoms with Gasteiger partial charge < -0.3 is 14.6 Å². The van der Waals surface area contributed by atoms with Crippen molar-refractivity contribution in [2.75, 3.05) is 18.6 Å². The van der Waals surface area contributed by atoms with Crippen molar-refractivity contribution in [3.63, 3.8) is 0 Å². The lowest BCUT2D eigenvalue weighted by atomic mass is 10.3. The van der Waals surface area contributed by atoms with E-state index in [0.717, 1.165) is 17.2 Å². The molecule has 0 fully saturated rings. The highest BCUT2D eigenvalue weighted by Crippen LogP contribution is 2.26. The molecule has 0 radical (unpaired) electrons. The molecule has 1 heterocycles. The molecule has 0 saturated carbocycles. The number of anilines is 1.